The minimum Gasteiger partial charge on any atom is -0.328 e. The maximum atomic E-state index is 5.97. The van der Waals surface area contributed by atoms with Crippen LogP contribution in [-0.4, -0.2) is 24.0 Å². The molecule has 1 atom stereocenters. The first-order chi connectivity index (χ1) is 8.58. The van der Waals surface area contributed by atoms with Crippen LogP contribution in [0.5, 0.6) is 0 Å². The maximum absolute atomic E-state index is 5.97. The molecule has 2 N–H and O–H groups in total. The number of halogens is 1. The van der Waals surface area contributed by atoms with E-state index in [1.807, 2.05) is 12.1 Å². The van der Waals surface area contributed by atoms with Gasteiger partial charge in [-0.2, -0.15) is 0 Å². The molecule has 0 saturated heterocycles. The molecule has 0 radical (unpaired) electrons. The fraction of sp³-hybridized carbons (Fsp3) is 0.600. The van der Waals surface area contributed by atoms with Crippen LogP contribution in [-0.2, 0) is 0 Å². The molecular weight excluding hydrogens is 244 g/mol. The van der Waals surface area contributed by atoms with Crippen LogP contribution in [0.15, 0.2) is 24.3 Å². The Balaban J connectivity index is 1.99. The van der Waals surface area contributed by atoms with E-state index in [1.165, 1.54) is 18.4 Å². The number of nitrogens with two attached hydrogens (primary N) is 1. The van der Waals surface area contributed by atoms with E-state index in [0.717, 1.165) is 17.9 Å². The predicted molar refractivity (Wildman–Crippen MR) is 77.9 cm³/mol. The van der Waals surface area contributed by atoms with E-state index < -0.39 is 0 Å². The Bertz CT molecular complexity index is 369. The Morgan fingerprint density at radius 2 is 1.72 bits per heavy atom. The molecule has 1 aromatic carbocycles. The molecule has 2 nitrogen and oxygen atoms in total. The largest absolute Gasteiger partial charge is 0.328 e. The van der Waals surface area contributed by atoms with Gasteiger partial charge < -0.3 is 5.73 Å². The molecule has 18 heavy (non-hydrogen) atoms. The third-order valence-electron chi connectivity index (χ3n) is 4.28. The molecule has 0 amide bonds. The molecule has 1 aromatic rings. The van der Waals surface area contributed by atoms with Gasteiger partial charge in [0.15, 0.2) is 0 Å². The van der Waals surface area contributed by atoms with E-state index in [-0.39, 0.29) is 0 Å². The van der Waals surface area contributed by atoms with Crippen LogP contribution in [0.4, 0.5) is 0 Å². The van der Waals surface area contributed by atoms with Crippen LogP contribution in [0.25, 0.3) is 0 Å². The zero-order valence-electron chi connectivity index (χ0n) is 11.3. The molecule has 0 aromatic heterocycles. The summed E-state index contributed by atoms with van der Waals surface area (Å²) in [4.78, 5) is 2.48. The SMILES string of the molecule is CC(c1ccc(Cl)cc1)N(C)C1CCC(N)CC1. The highest BCUT2D eigenvalue weighted by Crippen LogP contribution is 2.28. The fourth-order valence-corrected chi connectivity index (χ4v) is 2.93. The van der Waals surface area contributed by atoms with E-state index in [0.29, 0.717) is 18.1 Å². The van der Waals surface area contributed by atoms with E-state index in [9.17, 15) is 0 Å². The van der Waals surface area contributed by atoms with Crippen molar-refractivity contribution in [1.29, 1.82) is 0 Å². The maximum Gasteiger partial charge on any atom is 0.0406 e. The molecule has 1 aliphatic rings. The molecule has 0 aliphatic heterocycles. The second-order valence-electron chi connectivity index (χ2n) is 5.46. The third kappa shape index (κ3) is 3.25. The van der Waals surface area contributed by atoms with Crippen LogP contribution >= 0.6 is 11.6 Å². The van der Waals surface area contributed by atoms with Crippen LogP contribution in [0.3, 0.4) is 0 Å². The Morgan fingerprint density at radius 1 is 1.17 bits per heavy atom. The summed E-state index contributed by atoms with van der Waals surface area (Å²) in [7, 11) is 2.22. The van der Waals surface area contributed by atoms with Gasteiger partial charge in [0.1, 0.15) is 0 Å². The van der Waals surface area contributed by atoms with Gasteiger partial charge in [-0.1, -0.05) is 23.7 Å². The zero-order chi connectivity index (χ0) is 13.1. The number of nitrogens with zero attached hydrogens (tertiary/aromatic N) is 1. The van der Waals surface area contributed by atoms with Gasteiger partial charge in [0.2, 0.25) is 0 Å². The quantitative estimate of drug-likeness (QED) is 0.906. The molecule has 1 unspecified atom stereocenters. The Morgan fingerprint density at radius 3 is 2.28 bits per heavy atom. The minimum atomic E-state index is 0.417. The number of rotatable bonds is 3. The van der Waals surface area contributed by atoms with Crippen LogP contribution in [0.1, 0.15) is 44.2 Å². The Hall–Kier alpha value is -0.570. The van der Waals surface area contributed by atoms with Crippen molar-refractivity contribution in [2.45, 2.75) is 50.7 Å². The molecule has 0 spiro atoms. The first-order valence-corrected chi connectivity index (χ1v) is 7.18. The molecule has 0 bridgehead atoms. The van der Waals surface area contributed by atoms with E-state index in [2.05, 4.69) is 31.0 Å². The Labute approximate surface area is 115 Å². The highest BCUT2D eigenvalue weighted by atomic mass is 35.5. The van der Waals surface area contributed by atoms with Gasteiger partial charge >= 0.3 is 0 Å². The van der Waals surface area contributed by atoms with Gasteiger partial charge in [-0.3, -0.25) is 4.90 Å². The van der Waals surface area contributed by atoms with Gasteiger partial charge in [-0.25, -0.2) is 0 Å². The van der Waals surface area contributed by atoms with Crippen molar-refractivity contribution in [3.05, 3.63) is 34.9 Å². The van der Waals surface area contributed by atoms with Crippen molar-refractivity contribution in [2.24, 2.45) is 5.73 Å². The van der Waals surface area contributed by atoms with E-state index in [4.69, 9.17) is 17.3 Å². The van der Waals surface area contributed by atoms with Crippen LogP contribution in [0, 0.1) is 0 Å². The second kappa shape index (κ2) is 6.05. The summed E-state index contributed by atoms with van der Waals surface area (Å²) in [6.45, 7) is 2.26. The third-order valence-corrected chi connectivity index (χ3v) is 4.53. The Kier molecular flexibility index (Phi) is 4.66. The first kappa shape index (κ1) is 13.9. The second-order valence-corrected chi connectivity index (χ2v) is 5.90. The van der Waals surface area contributed by atoms with Gasteiger partial charge in [-0.05, 0) is 57.4 Å². The van der Waals surface area contributed by atoms with Gasteiger partial charge in [0.25, 0.3) is 0 Å². The molecule has 100 valence electrons. The lowest BCUT2D eigenvalue weighted by Crippen LogP contribution is -2.39. The summed E-state index contributed by atoms with van der Waals surface area (Å²) in [5, 5.41) is 0.803. The van der Waals surface area contributed by atoms with Crippen molar-refractivity contribution in [2.75, 3.05) is 7.05 Å². The molecular formula is C15H23ClN2. The topological polar surface area (TPSA) is 29.3 Å². The van der Waals surface area contributed by atoms with Crippen LogP contribution < -0.4 is 5.73 Å². The smallest absolute Gasteiger partial charge is 0.0406 e. The normalized spacial score (nSPS) is 26.3. The highest BCUT2D eigenvalue weighted by molar-refractivity contribution is 6.30. The van der Waals surface area contributed by atoms with Crippen molar-refractivity contribution in [3.63, 3.8) is 0 Å². The minimum absolute atomic E-state index is 0.417. The molecule has 0 heterocycles. The number of benzene rings is 1. The number of hydrogen-bond donors (Lipinski definition) is 1. The average molecular weight is 267 g/mol. The van der Waals surface area contributed by atoms with Gasteiger partial charge in [-0.15, -0.1) is 0 Å². The first-order valence-electron chi connectivity index (χ1n) is 6.81. The molecule has 1 fully saturated rings. The average Bonchev–Trinajstić information content (AvgIpc) is 2.39. The standard InChI is InChI=1S/C15H23ClN2/c1-11(12-3-5-13(16)6-4-12)18(2)15-9-7-14(17)8-10-15/h3-6,11,14-15H,7-10,17H2,1-2H3. The van der Waals surface area contributed by atoms with Crippen molar-refractivity contribution in [3.8, 4) is 0 Å². The van der Waals surface area contributed by atoms with E-state index >= 15 is 0 Å². The lowest BCUT2D eigenvalue weighted by atomic mass is 9.90. The zero-order valence-corrected chi connectivity index (χ0v) is 12.0. The van der Waals surface area contributed by atoms with E-state index in [1.54, 1.807) is 0 Å². The summed E-state index contributed by atoms with van der Waals surface area (Å²) >= 11 is 5.93. The predicted octanol–water partition coefficient (Wildman–Crippen LogP) is 3.60. The summed E-state index contributed by atoms with van der Waals surface area (Å²) < 4.78 is 0. The summed E-state index contributed by atoms with van der Waals surface area (Å²) in [5.41, 5.74) is 7.30. The monoisotopic (exact) mass is 266 g/mol. The highest BCUT2D eigenvalue weighted by Gasteiger charge is 2.25. The van der Waals surface area contributed by atoms with Crippen molar-refractivity contribution >= 4 is 11.6 Å². The molecule has 1 saturated carbocycles. The van der Waals surface area contributed by atoms with Crippen molar-refractivity contribution in [1.82, 2.24) is 4.90 Å². The number of hydrogen-bond acceptors (Lipinski definition) is 2. The molecule has 2 rings (SSSR count). The lowest BCUT2D eigenvalue weighted by molar-refractivity contribution is 0.140. The fourth-order valence-electron chi connectivity index (χ4n) is 2.80. The molecule has 3 heteroatoms. The van der Waals surface area contributed by atoms with Gasteiger partial charge in [0, 0.05) is 23.1 Å². The van der Waals surface area contributed by atoms with Crippen LogP contribution in [0.2, 0.25) is 5.02 Å². The summed E-state index contributed by atoms with van der Waals surface area (Å²) in [6.07, 6.45) is 4.75. The lowest BCUT2D eigenvalue weighted by Gasteiger charge is -2.37. The van der Waals surface area contributed by atoms with Crippen molar-refractivity contribution < 1.29 is 0 Å². The summed E-state index contributed by atoms with van der Waals surface area (Å²) in [6, 6.07) is 9.70. The van der Waals surface area contributed by atoms with Gasteiger partial charge in [0.05, 0.1) is 0 Å². The summed E-state index contributed by atoms with van der Waals surface area (Å²) in [5.74, 6) is 0. The molecule has 1 aliphatic carbocycles.